The Bertz CT molecular complexity index is 1190. The van der Waals surface area contributed by atoms with Crippen LogP contribution in [0.2, 0.25) is 0 Å². The van der Waals surface area contributed by atoms with E-state index < -0.39 is 18.3 Å². The fourth-order valence-electron chi connectivity index (χ4n) is 2.90. The number of nitrogens with zero attached hydrogens (tertiary/aromatic N) is 2. The molecule has 0 radical (unpaired) electrons. The van der Waals surface area contributed by atoms with Gasteiger partial charge in [0.15, 0.2) is 0 Å². The molecule has 0 unspecified atom stereocenters. The molecular formula is C22H16F4N3NaO2. The average molecular weight is 453 g/mol. The zero-order chi connectivity index (χ0) is 21.1. The monoisotopic (exact) mass is 453 g/mol. The van der Waals surface area contributed by atoms with Gasteiger partial charge in [-0.05, 0) is 35.0 Å². The van der Waals surface area contributed by atoms with E-state index in [0.717, 1.165) is 22.4 Å². The molecule has 0 aliphatic heterocycles. The van der Waals surface area contributed by atoms with Gasteiger partial charge < -0.3 is 15.5 Å². The number of nitrogens with one attached hydrogen (secondary N) is 1. The normalized spacial score (nSPS) is 10.9. The number of alkyl halides is 4. The number of hydrogen-bond acceptors (Lipinski definition) is 5. The SMILES string of the molecule is FC(F)C(F)(F)Oc1cccc(Nc2nccc(-c3ccc4ccccc4c3)n2)c1.[Na+].[OH-]. The number of benzene rings is 3. The molecule has 1 heterocycles. The quantitative estimate of drug-likeness (QED) is 0.359. The molecule has 3 aromatic carbocycles. The molecule has 0 bridgehead atoms. The molecule has 0 saturated heterocycles. The van der Waals surface area contributed by atoms with E-state index in [1.54, 1.807) is 18.3 Å². The summed E-state index contributed by atoms with van der Waals surface area (Å²) in [7, 11) is 0. The Labute approximate surface area is 203 Å². The molecular weight excluding hydrogens is 437 g/mol. The first-order valence-electron chi connectivity index (χ1n) is 8.95. The minimum atomic E-state index is -4.58. The second-order valence-electron chi connectivity index (χ2n) is 6.44. The van der Waals surface area contributed by atoms with Gasteiger partial charge in [0.2, 0.25) is 5.95 Å². The fourth-order valence-corrected chi connectivity index (χ4v) is 2.90. The predicted molar refractivity (Wildman–Crippen MR) is 108 cm³/mol. The van der Waals surface area contributed by atoms with Gasteiger partial charge in [-0.1, -0.05) is 42.5 Å². The first-order chi connectivity index (χ1) is 14.4. The van der Waals surface area contributed by atoms with Crippen molar-refractivity contribution in [3.05, 3.63) is 79.0 Å². The smallest absolute Gasteiger partial charge is 0.870 e. The molecule has 1 aromatic heterocycles. The van der Waals surface area contributed by atoms with Crippen LogP contribution in [0.25, 0.3) is 22.0 Å². The van der Waals surface area contributed by atoms with Crippen molar-refractivity contribution in [1.82, 2.24) is 9.97 Å². The van der Waals surface area contributed by atoms with Gasteiger partial charge in [-0.2, -0.15) is 17.6 Å². The average Bonchev–Trinajstić information content (AvgIpc) is 2.73. The molecule has 2 N–H and O–H groups in total. The Morgan fingerprint density at radius 3 is 2.38 bits per heavy atom. The Morgan fingerprint density at radius 1 is 0.875 bits per heavy atom. The van der Waals surface area contributed by atoms with Crippen molar-refractivity contribution < 1.29 is 57.3 Å². The topological polar surface area (TPSA) is 77.0 Å². The Balaban J connectivity index is 0.00000181. The maximum atomic E-state index is 13.1. The van der Waals surface area contributed by atoms with E-state index in [1.165, 1.54) is 12.1 Å². The van der Waals surface area contributed by atoms with Crippen molar-refractivity contribution >= 4 is 22.4 Å². The third-order valence-electron chi connectivity index (χ3n) is 4.30. The molecule has 4 aromatic rings. The van der Waals surface area contributed by atoms with Crippen LogP contribution in [-0.4, -0.2) is 28.0 Å². The van der Waals surface area contributed by atoms with Crippen LogP contribution in [0.15, 0.2) is 79.0 Å². The van der Waals surface area contributed by atoms with Crippen LogP contribution in [0.5, 0.6) is 5.75 Å². The van der Waals surface area contributed by atoms with Crippen LogP contribution in [-0.2, 0) is 0 Å². The van der Waals surface area contributed by atoms with Crippen LogP contribution >= 0.6 is 0 Å². The minimum Gasteiger partial charge on any atom is -0.870 e. The van der Waals surface area contributed by atoms with E-state index in [2.05, 4.69) is 20.0 Å². The molecule has 0 spiro atoms. The van der Waals surface area contributed by atoms with E-state index in [0.29, 0.717) is 11.4 Å². The molecule has 5 nitrogen and oxygen atoms in total. The van der Waals surface area contributed by atoms with E-state index in [1.807, 2.05) is 42.5 Å². The summed E-state index contributed by atoms with van der Waals surface area (Å²) in [5, 5.41) is 5.04. The van der Waals surface area contributed by atoms with Gasteiger partial charge in [-0.25, -0.2) is 9.97 Å². The Kier molecular flexibility index (Phi) is 8.57. The molecule has 0 fully saturated rings. The number of halogens is 4. The van der Waals surface area contributed by atoms with Gasteiger partial charge in [0, 0.05) is 23.5 Å². The molecule has 32 heavy (non-hydrogen) atoms. The number of fused-ring (bicyclic) bond motifs is 1. The van der Waals surface area contributed by atoms with Gasteiger partial charge in [0.1, 0.15) is 5.75 Å². The summed E-state index contributed by atoms with van der Waals surface area (Å²) in [5.41, 5.74) is 1.86. The summed E-state index contributed by atoms with van der Waals surface area (Å²) in [6, 6.07) is 20.9. The van der Waals surface area contributed by atoms with Gasteiger partial charge in [0.05, 0.1) is 5.69 Å². The Hall–Kier alpha value is -2.72. The van der Waals surface area contributed by atoms with Crippen LogP contribution in [0.3, 0.4) is 0 Å². The third-order valence-corrected chi connectivity index (χ3v) is 4.30. The summed E-state index contributed by atoms with van der Waals surface area (Å²) in [4.78, 5) is 8.57. The van der Waals surface area contributed by atoms with Crippen LogP contribution < -0.4 is 39.6 Å². The van der Waals surface area contributed by atoms with Crippen molar-refractivity contribution in [3.8, 4) is 17.0 Å². The standard InChI is InChI=1S/C22H15F4N3O.Na.H2O/c23-20(24)22(25,26)30-18-7-3-6-17(13-18)28-21-27-11-10-19(29-21)16-9-8-14-4-1-2-5-15(14)12-16;;/h1-13,20H,(H,27,28,29);;1H2/q;+1;/p-1. The molecule has 0 atom stereocenters. The van der Waals surface area contributed by atoms with Crippen LogP contribution in [0, 0.1) is 0 Å². The number of aromatic nitrogens is 2. The van der Waals surface area contributed by atoms with E-state index in [4.69, 9.17) is 0 Å². The van der Waals surface area contributed by atoms with Gasteiger partial charge >= 0.3 is 42.1 Å². The Morgan fingerprint density at radius 2 is 1.62 bits per heavy atom. The first-order valence-corrected chi connectivity index (χ1v) is 8.95. The molecule has 160 valence electrons. The number of anilines is 2. The van der Waals surface area contributed by atoms with E-state index in [-0.39, 0.29) is 41.0 Å². The van der Waals surface area contributed by atoms with E-state index in [9.17, 15) is 17.6 Å². The molecule has 0 aliphatic rings. The molecule has 10 heteroatoms. The van der Waals surface area contributed by atoms with Crippen molar-refractivity contribution in [2.45, 2.75) is 12.5 Å². The van der Waals surface area contributed by atoms with Crippen molar-refractivity contribution in [2.75, 3.05) is 5.32 Å². The van der Waals surface area contributed by atoms with Crippen LogP contribution in [0.4, 0.5) is 29.2 Å². The van der Waals surface area contributed by atoms with Crippen molar-refractivity contribution in [3.63, 3.8) is 0 Å². The molecule has 0 amide bonds. The third kappa shape index (κ3) is 5.95. The summed E-state index contributed by atoms with van der Waals surface area (Å²) >= 11 is 0. The van der Waals surface area contributed by atoms with Crippen molar-refractivity contribution in [2.24, 2.45) is 0 Å². The fraction of sp³-hybridized carbons (Fsp3) is 0.0909. The largest absolute Gasteiger partial charge is 1.00 e. The molecule has 0 saturated carbocycles. The maximum Gasteiger partial charge on any atom is 1.00 e. The van der Waals surface area contributed by atoms with Gasteiger partial charge in [-0.3, -0.25) is 0 Å². The van der Waals surface area contributed by atoms with Crippen molar-refractivity contribution in [1.29, 1.82) is 0 Å². The maximum absolute atomic E-state index is 13.1. The second-order valence-corrected chi connectivity index (χ2v) is 6.44. The summed E-state index contributed by atoms with van der Waals surface area (Å²) in [6.45, 7) is 0. The number of hydrogen-bond donors (Lipinski definition) is 1. The zero-order valence-electron chi connectivity index (χ0n) is 16.8. The summed E-state index contributed by atoms with van der Waals surface area (Å²) < 4.78 is 55.0. The summed E-state index contributed by atoms with van der Waals surface area (Å²) in [6.07, 6.45) is -6.95. The molecule has 0 aliphatic carbocycles. The van der Waals surface area contributed by atoms with E-state index >= 15 is 0 Å². The number of ether oxygens (including phenoxy) is 1. The van der Waals surface area contributed by atoms with Crippen LogP contribution in [0.1, 0.15) is 0 Å². The predicted octanol–water partition coefficient (Wildman–Crippen LogP) is 3.10. The summed E-state index contributed by atoms with van der Waals surface area (Å²) in [5.74, 6) is -0.186. The first kappa shape index (κ1) is 25.5. The zero-order valence-corrected chi connectivity index (χ0v) is 18.8. The van der Waals surface area contributed by atoms with Gasteiger partial charge in [0.25, 0.3) is 0 Å². The number of rotatable bonds is 6. The molecule has 4 rings (SSSR count). The van der Waals surface area contributed by atoms with Gasteiger partial charge in [-0.15, -0.1) is 0 Å². The second kappa shape index (κ2) is 10.7. The minimum absolute atomic E-state index is 0.